The van der Waals surface area contributed by atoms with Crippen LogP contribution in [0, 0.1) is 0 Å². The Morgan fingerprint density at radius 2 is 1.93 bits per heavy atom. The lowest BCUT2D eigenvalue weighted by Crippen LogP contribution is -2.35. The van der Waals surface area contributed by atoms with Gasteiger partial charge in [-0.05, 0) is 36.8 Å². The Morgan fingerprint density at radius 1 is 1.07 bits per heavy atom. The zero-order chi connectivity index (χ0) is 18.6. The molecule has 1 aliphatic heterocycles. The molecular weight excluding hydrogens is 408 g/mol. The molecule has 0 unspecified atom stereocenters. The summed E-state index contributed by atoms with van der Waals surface area (Å²) in [6.45, 7) is 2.94. The number of nitrogens with one attached hydrogen (secondary N) is 1. The van der Waals surface area contributed by atoms with Crippen LogP contribution in [0.3, 0.4) is 0 Å². The highest BCUT2D eigenvalue weighted by molar-refractivity contribution is 9.10. The van der Waals surface area contributed by atoms with E-state index in [2.05, 4.69) is 41.2 Å². The normalized spacial score (nSPS) is 14.9. The maximum absolute atomic E-state index is 12.9. The fraction of sp³-hybridized carbons (Fsp3) is 0.263. The van der Waals surface area contributed by atoms with Crippen LogP contribution in [0.5, 0.6) is 0 Å². The molecular formula is C19H19BrN6O. The minimum Gasteiger partial charge on any atom is -0.353 e. The van der Waals surface area contributed by atoms with Gasteiger partial charge in [0.25, 0.3) is 5.91 Å². The molecule has 4 rings (SSSR count). The first-order valence-corrected chi connectivity index (χ1v) is 9.63. The summed E-state index contributed by atoms with van der Waals surface area (Å²) in [5.74, 6) is 0.831. The number of aromatic nitrogens is 4. The zero-order valence-electron chi connectivity index (χ0n) is 14.7. The molecule has 27 heavy (non-hydrogen) atoms. The standard InChI is InChI=1S/C19H19BrN6O/c20-15-6-4-14(5-7-15)16-13-17(23-22-16)19(27)26-10-2-9-25(11-12-26)18-3-1-8-21-24-18/h1,3-8,13H,2,9-12H2,(H,22,23). The van der Waals surface area contributed by atoms with E-state index in [9.17, 15) is 4.79 Å². The number of benzene rings is 1. The van der Waals surface area contributed by atoms with Gasteiger partial charge in [-0.25, -0.2) is 0 Å². The molecule has 1 aromatic carbocycles. The quantitative estimate of drug-likeness (QED) is 0.696. The van der Waals surface area contributed by atoms with Crippen LogP contribution >= 0.6 is 15.9 Å². The van der Waals surface area contributed by atoms with Gasteiger partial charge in [-0.2, -0.15) is 10.2 Å². The fourth-order valence-electron chi connectivity index (χ4n) is 3.18. The highest BCUT2D eigenvalue weighted by Crippen LogP contribution is 2.21. The number of carbonyl (C=O) groups is 1. The van der Waals surface area contributed by atoms with E-state index < -0.39 is 0 Å². The first-order valence-electron chi connectivity index (χ1n) is 8.84. The predicted octanol–water partition coefficient (Wildman–Crippen LogP) is 2.98. The summed E-state index contributed by atoms with van der Waals surface area (Å²) in [5.41, 5.74) is 2.25. The number of amides is 1. The number of hydrogen-bond acceptors (Lipinski definition) is 5. The number of rotatable bonds is 3. The minimum atomic E-state index is -0.0214. The summed E-state index contributed by atoms with van der Waals surface area (Å²) in [6, 6.07) is 13.5. The van der Waals surface area contributed by atoms with E-state index in [1.54, 1.807) is 6.20 Å². The summed E-state index contributed by atoms with van der Waals surface area (Å²) < 4.78 is 1.01. The van der Waals surface area contributed by atoms with Crippen molar-refractivity contribution in [3.05, 3.63) is 58.8 Å². The second-order valence-corrected chi connectivity index (χ2v) is 7.30. The minimum absolute atomic E-state index is 0.0214. The van der Waals surface area contributed by atoms with Crippen LogP contribution in [0.15, 0.2) is 53.1 Å². The molecule has 138 valence electrons. The summed E-state index contributed by atoms with van der Waals surface area (Å²) in [6.07, 6.45) is 2.55. The van der Waals surface area contributed by atoms with Crippen molar-refractivity contribution in [3.63, 3.8) is 0 Å². The molecule has 0 atom stereocenters. The van der Waals surface area contributed by atoms with Crippen LogP contribution in [0.1, 0.15) is 16.9 Å². The topological polar surface area (TPSA) is 78.0 Å². The number of nitrogens with zero attached hydrogens (tertiary/aromatic N) is 5. The first kappa shape index (κ1) is 17.7. The molecule has 1 fully saturated rings. The van der Waals surface area contributed by atoms with Crippen molar-refractivity contribution >= 4 is 27.7 Å². The van der Waals surface area contributed by atoms with Crippen molar-refractivity contribution in [1.29, 1.82) is 0 Å². The lowest BCUT2D eigenvalue weighted by molar-refractivity contribution is 0.0761. The predicted molar refractivity (Wildman–Crippen MR) is 106 cm³/mol. The van der Waals surface area contributed by atoms with Gasteiger partial charge in [0.05, 0.1) is 5.69 Å². The monoisotopic (exact) mass is 426 g/mol. The van der Waals surface area contributed by atoms with Crippen LogP contribution in [-0.4, -0.2) is 57.4 Å². The van der Waals surface area contributed by atoms with Gasteiger partial charge in [0, 0.05) is 42.4 Å². The Labute approximate surface area is 165 Å². The number of halogens is 1. The SMILES string of the molecule is O=C(c1cc(-c2ccc(Br)cc2)n[nH]1)N1CCCN(c2cccnn2)CC1. The molecule has 2 aromatic heterocycles. The van der Waals surface area contributed by atoms with E-state index in [1.165, 1.54) is 0 Å². The second-order valence-electron chi connectivity index (χ2n) is 6.39. The van der Waals surface area contributed by atoms with Gasteiger partial charge in [-0.3, -0.25) is 9.89 Å². The maximum Gasteiger partial charge on any atom is 0.271 e. The lowest BCUT2D eigenvalue weighted by Gasteiger charge is -2.22. The van der Waals surface area contributed by atoms with E-state index in [0.717, 1.165) is 41.1 Å². The van der Waals surface area contributed by atoms with E-state index in [0.29, 0.717) is 18.8 Å². The highest BCUT2D eigenvalue weighted by atomic mass is 79.9. The van der Waals surface area contributed by atoms with Gasteiger partial charge in [-0.15, -0.1) is 5.10 Å². The van der Waals surface area contributed by atoms with Gasteiger partial charge in [0.15, 0.2) is 5.82 Å². The zero-order valence-corrected chi connectivity index (χ0v) is 16.3. The van der Waals surface area contributed by atoms with Crippen LogP contribution in [0.4, 0.5) is 5.82 Å². The lowest BCUT2D eigenvalue weighted by atomic mass is 10.1. The number of H-pyrrole nitrogens is 1. The fourth-order valence-corrected chi connectivity index (χ4v) is 3.45. The Kier molecular flexibility index (Phi) is 5.15. The molecule has 1 aliphatic rings. The van der Waals surface area contributed by atoms with E-state index in [-0.39, 0.29) is 5.91 Å². The molecule has 1 amide bonds. The molecule has 7 nitrogen and oxygen atoms in total. The van der Waals surface area contributed by atoms with Crippen LogP contribution in [-0.2, 0) is 0 Å². The van der Waals surface area contributed by atoms with Crippen molar-refractivity contribution < 1.29 is 4.79 Å². The van der Waals surface area contributed by atoms with E-state index >= 15 is 0 Å². The Balaban J connectivity index is 1.45. The van der Waals surface area contributed by atoms with Gasteiger partial charge >= 0.3 is 0 Å². The highest BCUT2D eigenvalue weighted by Gasteiger charge is 2.22. The molecule has 0 spiro atoms. The third-order valence-electron chi connectivity index (χ3n) is 4.61. The molecule has 0 saturated carbocycles. The first-order chi connectivity index (χ1) is 13.2. The molecule has 0 bridgehead atoms. The molecule has 3 aromatic rings. The summed E-state index contributed by atoms with van der Waals surface area (Å²) >= 11 is 3.43. The summed E-state index contributed by atoms with van der Waals surface area (Å²) in [4.78, 5) is 16.9. The molecule has 0 radical (unpaired) electrons. The Hall–Kier alpha value is -2.74. The number of hydrogen-bond donors (Lipinski definition) is 1. The van der Waals surface area contributed by atoms with Crippen molar-refractivity contribution in [2.24, 2.45) is 0 Å². The number of carbonyl (C=O) groups excluding carboxylic acids is 1. The van der Waals surface area contributed by atoms with Gasteiger partial charge < -0.3 is 9.80 Å². The maximum atomic E-state index is 12.9. The van der Waals surface area contributed by atoms with Crippen molar-refractivity contribution in [2.45, 2.75) is 6.42 Å². The average Bonchev–Trinajstić information content (AvgIpc) is 3.06. The molecule has 1 N–H and O–H groups in total. The Bertz CT molecular complexity index is 911. The van der Waals surface area contributed by atoms with Crippen LogP contribution in [0.2, 0.25) is 0 Å². The third kappa shape index (κ3) is 4.00. The van der Waals surface area contributed by atoms with Gasteiger partial charge in [0.1, 0.15) is 5.69 Å². The van der Waals surface area contributed by atoms with Gasteiger partial charge in [0.2, 0.25) is 0 Å². The summed E-state index contributed by atoms with van der Waals surface area (Å²) in [5, 5.41) is 15.3. The largest absolute Gasteiger partial charge is 0.353 e. The molecule has 1 saturated heterocycles. The number of aromatic amines is 1. The van der Waals surface area contributed by atoms with Crippen molar-refractivity contribution in [2.75, 3.05) is 31.1 Å². The van der Waals surface area contributed by atoms with Crippen molar-refractivity contribution in [3.8, 4) is 11.3 Å². The van der Waals surface area contributed by atoms with E-state index in [1.807, 2.05) is 47.4 Å². The average molecular weight is 427 g/mol. The molecule has 3 heterocycles. The molecule has 8 heteroatoms. The Morgan fingerprint density at radius 3 is 2.70 bits per heavy atom. The second kappa shape index (κ2) is 7.87. The smallest absolute Gasteiger partial charge is 0.271 e. The van der Waals surface area contributed by atoms with Crippen molar-refractivity contribution in [1.82, 2.24) is 25.3 Å². The molecule has 0 aliphatic carbocycles. The van der Waals surface area contributed by atoms with Crippen LogP contribution in [0.25, 0.3) is 11.3 Å². The third-order valence-corrected chi connectivity index (χ3v) is 5.14. The van der Waals surface area contributed by atoms with E-state index in [4.69, 9.17) is 0 Å². The number of anilines is 1. The van der Waals surface area contributed by atoms with Crippen LogP contribution < -0.4 is 4.90 Å². The van der Waals surface area contributed by atoms with Gasteiger partial charge in [-0.1, -0.05) is 28.1 Å². The summed E-state index contributed by atoms with van der Waals surface area (Å²) in [7, 11) is 0.